The summed E-state index contributed by atoms with van der Waals surface area (Å²) in [6.07, 6.45) is 1.54. The number of pyridine rings is 1. The Balaban J connectivity index is 2.31. The summed E-state index contributed by atoms with van der Waals surface area (Å²) in [7, 11) is 0. The number of nitrogens with zero attached hydrogens (tertiary/aromatic N) is 1. The summed E-state index contributed by atoms with van der Waals surface area (Å²) < 4.78 is 0.952. The predicted molar refractivity (Wildman–Crippen MR) is 80.2 cm³/mol. The molecule has 3 N–H and O–H groups in total. The molecule has 0 bridgehead atoms. The van der Waals surface area contributed by atoms with Gasteiger partial charge in [-0.1, -0.05) is 22.0 Å². The maximum Gasteiger partial charge on any atom is 0.257 e. The van der Waals surface area contributed by atoms with Gasteiger partial charge in [-0.15, -0.1) is 0 Å². The van der Waals surface area contributed by atoms with Crippen LogP contribution in [0.1, 0.15) is 21.6 Å². The van der Waals surface area contributed by atoms with Gasteiger partial charge in [-0.05, 0) is 37.6 Å². The minimum atomic E-state index is -0.210. The summed E-state index contributed by atoms with van der Waals surface area (Å²) in [5.74, 6) is -0.210. The van der Waals surface area contributed by atoms with Crippen molar-refractivity contribution in [2.75, 3.05) is 11.1 Å². The second-order valence-electron chi connectivity index (χ2n) is 4.27. The summed E-state index contributed by atoms with van der Waals surface area (Å²) >= 11 is 3.43. The van der Waals surface area contributed by atoms with Crippen molar-refractivity contribution in [2.24, 2.45) is 0 Å². The Labute approximate surface area is 120 Å². The van der Waals surface area contributed by atoms with Crippen LogP contribution in [-0.2, 0) is 0 Å². The Kier molecular flexibility index (Phi) is 3.85. The first-order chi connectivity index (χ1) is 8.99. The van der Waals surface area contributed by atoms with E-state index in [4.69, 9.17) is 5.73 Å². The molecule has 0 radical (unpaired) electrons. The third-order valence-corrected chi connectivity index (χ3v) is 3.73. The van der Waals surface area contributed by atoms with E-state index in [0.29, 0.717) is 16.9 Å². The van der Waals surface area contributed by atoms with Gasteiger partial charge in [0.1, 0.15) is 0 Å². The van der Waals surface area contributed by atoms with Crippen molar-refractivity contribution >= 4 is 33.2 Å². The maximum atomic E-state index is 12.2. The molecule has 0 aliphatic rings. The lowest BCUT2D eigenvalue weighted by Gasteiger charge is -2.11. The summed E-state index contributed by atoms with van der Waals surface area (Å²) in [6.45, 7) is 3.71. The monoisotopic (exact) mass is 319 g/mol. The van der Waals surface area contributed by atoms with Crippen molar-refractivity contribution in [1.29, 1.82) is 0 Å². The van der Waals surface area contributed by atoms with Gasteiger partial charge >= 0.3 is 0 Å². The molecule has 1 amide bonds. The molecule has 98 valence electrons. The smallest absolute Gasteiger partial charge is 0.257 e. The molecule has 2 rings (SSSR count). The molecule has 1 aromatic heterocycles. The van der Waals surface area contributed by atoms with Gasteiger partial charge in [-0.2, -0.15) is 0 Å². The Morgan fingerprint density at radius 1 is 1.37 bits per heavy atom. The van der Waals surface area contributed by atoms with Crippen molar-refractivity contribution in [3.8, 4) is 0 Å². The largest absolute Gasteiger partial charge is 0.397 e. The number of nitrogens with two attached hydrogens (primary N) is 1. The number of amides is 1. The van der Waals surface area contributed by atoms with Crippen molar-refractivity contribution in [2.45, 2.75) is 13.8 Å². The number of benzene rings is 1. The fourth-order valence-electron chi connectivity index (χ4n) is 1.71. The molecule has 0 aliphatic heterocycles. The summed E-state index contributed by atoms with van der Waals surface area (Å²) in [4.78, 5) is 16.3. The zero-order chi connectivity index (χ0) is 14.0. The fraction of sp³-hybridized carbons (Fsp3) is 0.143. The van der Waals surface area contributed by atoms with E-state index in [9.17, 15) is 4.79 Å². The van der Waals surface area contributed by atoms with E-state index in [2.05, 4.69) is 26.2 Å². The van der Waals surface area contributed by atoms with Crippen LogP contribution in [0.2, 0.25) is 0 Å². The Hall–Kier alpha value is -1.88. The zero-order valence-corrected chi connectivity index (χ0v) is 12.3. The van der Waals surface area contributed by atoms with E-state index in [1.54, 1.807) is 13.0 Å². The summed E-state index contributed by atoms with van der Waals surface area (Å²) in [5.41, 5.74) is 9.02. The first kappa shape index (κ1) is 13.5. The molecule has 19 heavy (non-hydrogen) atoms. The number of rotatable bonds is 2. The van der Waals surface area contributed by atoms with E-state index >= 15 is 0 Å². The number of nitrogen functional groups attached to an aromatic ring is 1. The van der Waals surface area contributed by atoms with Crippen LogP contribution in [0.5, 0.6) is 0 Å². The highest BCUT2D eigenvalue weighted by molar-refractivity contribution is 9.10. The molecule has 1 aromatic carbocycles. The van der Waals surface area contributed by atoms with Gasteiger partial charge in [0.05, 0.1) is 23.1 Å². The number of aromatic nitrogens is 1. The molecule has 0 aliphatic carbocycles. The highest BCUT2D eigenvalue weighted by atomic mass is 79.9. The van der Waals surface area contributed by atoms with Gasteiger partial charge in [-0.25, -0.2) is 0 Å². The predicted octanol–water partition coefficient (Wildman–Crippen LogP) is 3.30. The molecule has 0 saturated heterocycles. The third-order valence-electron chi connectivity index (χ3n) is 2.87. The van der Waals surface area contributed by atoms with Crippen molar-refractivity contribution in [3.63, 3.8) is 0 Å². The second kappa shape index (κ2) is 5.40. The van der Waals surface area contributed by atoms with Gasteiger partial charge in [0, 0.05) is 10.2 Å². The van der Waals surface area contributed by atoms with E-state index in [1.807, 2.05) is 25.1 Å². The molecule has 0 fully saturated rings. The number of hydrogen-bond acceptors (Lipinski definition) is 3. The van der Waals surface area contributed by atoms with E-state index < -0.39 is 0 Å². The standard InChI is InChI=1S/C14H14BrN3O/c1-8-12(15)4-3-5-13(8)18-14(19)11-6-10(16)7-17-9(11)2/h3-7H,16H2,1-2H3,(H,18,19). The number of anilines is 2. The van der Waals surface area contributed by atoms with Crippen molar-refractivity contribution in [1.82, 2.24) is 4.98 Å². The van der Waals surface area contributed by atoms with Crippen LogP contribution in [-0.4, -0.2) is 10.9 Å². The topological polar surface area (TPSA) is 68.0 Å². The molecule has 5 heteroatoms. The first-order valence-electron chi connectivity index (χ1n) is 5.77. The Bertz CT molecular complexity index is 641. The van der Waals surface area contributed by atoms with Gasteiger partial charge in [0.15, 0.2) is 0 Å². The molecule has 4 nitrogen and oxygen atoms in total. The summed E-state index contributed by atoms with van der Waals surface area (Å²) in [5, 5.41) is 2.87. The number of aryl methyl sites for hydroxylation is 1. The third kappa shape index (κ3) is 2.93. The lowest BCUT2D eigenvalue weighted by atomic mass is 10.1. The van der Waals surface area contributed by atoms with Gasteiger partial charge < -0.3 is 11.1 Å². The van der Waals surface area contributed by atoms with Crippen LogP contribution >= 0.6 is 15.9 Å². The molecular weight excluding hydrogens is 306 g/mol. The van der Waals surface area contributed by atoms with Crippen LogP contribution in [0.4, 0.5) is 11.4 Å². The Morgan fingerprint density at radius 2 is 2.11 bits per heavy atom. The highest BCUT2D eigenvalue weighted by Crippen LogP contribution is 2.24. The maximum absolute atomic E-state index is 12.2. The van der Waals surface area contributed by atoms with Crippen LogP contribution in [0, 0.1) is 13.8 Å². The number of carbonyl (C=O) groups is 1. The lowest BCUT2D eigenvalue weighted by molar-refractivity contribution is 0.102. The van der Waals surface area contributed by atoms with Crippen LogP contribution < -0.4 is 11.1 Å². The number of halogens is 1. The van der Waals surface area contributed by atoms with Crippen molar-refractivity contribution in [3.05, 3.63) is 51.8 Å². The average Bonchev–Trinajstić information content (AvgIpc) is 2.38. The van der Waals surface area contributed by atoms with Crippen LogP contribution in [0.15, 0.2) is 34.9 Å². The fourth-order valence-corrected chi connectivity index (χ4v) is 2.08. The van der Waals surface area contributed by atoms with Crippen LogP contribution in [0.25, 0.3) is 0 Å². The van der Waals surface area contributed by atoms with Gasteiger partial charge in [0.2, 0.25) is 0 Å². The average molecular weight is 320 g/mol. The number of hydrogen-bond donors (Lipinski definition) is 2. The van der Waals surface area contributed by atoms with E-state index in [1.165, 1.54) is 6.20 Å². The van der Waals surface area contributed by atoms with Gasteiger partial charge in [0.25, 0.3) is 5.91 Å². The highest BCUT2D eigenvalue weighted by Gasteiger charge is 2.12. The number of nitrogens with one attached hydrogen (secondary N) is 1. The Morgan fingerprint density at radius 3 is 2.84 bits per heavy atom. The molecular formula is C14H14BrN3O. The molecule has 1 heterocycles. The quantitative estimate of drug-likeness (QED) is 0.892. The van der Waals surface area contributed by atoms with E-state index in [0.717, 1.165) is 15.7 Å². The minimum absolute atomic E-state index is 0.210. The molecule has 0 spiro atoms. The molecule has 2 aromatic rings. The van der Waals surface area contributed by atoms with E-state index in [-0.39, 0.29) is 5.91 Å². The summed E-state index contributed by atoms with van der Waals surface area (Å²) in [6, 6.07) is 7.29. The molecule has 0 atom stereocenters. The first-order valence-corrected chi connectivity index (χ1v) is 6.57. The van der Waals surface area contributed by atoms with Gasteiger partial charge in [-0.3, -0.25) is 9.78 Å². The lowest BCUT2D eigenvalue weighted by Crippen LogP contribution is -2.15. The SMILES string of the molecule is Cc1ncc(N)cc1C(=O)Nc1cccc(Br)c1C. The molecule has 0 unspecified atom stereocenters. The van der Waals surface area contributed by atoms with Crippen molar-refractivity contribution < 1.29 is 4.79 Å². The second-order valence-corrected chi connectivity index (χ2v) is 5.12. The zero-order valence-electron chi connectivity index (χ0n) is 10.7. The number of carbonyl (C=O) groups excluding carboxylic acids is 1. The normalized spacial score (nSPS) is 10.3. The minimum Gasteiger partial charge on any atom is -0.397 e. The van der Waals surface area contributed by atoms with Crippen LogP contribution in [0.3, 0.4) is 0 Å². The molecule has 0 saturated carbocycles.